The second kappa shape index (κ2) is 7.13. The quantitative estimate of drug-likeness (QED) is 0.733. The maximum atomic E-state index is 12.7. The summed E-state index contributed by atoms with van der Waals surface area (Å²) in [5.74, 6) is 0.0251. The number of nitrogens with one attached hydrogen (secondary N) is 2. The Hall–Kier alpha value is -2.93. The molecule has 0 radical (unpaired) electrons. The number of aromatic nitrogens is 2. The van der Waals surface area contributed by atoms with Gasteiger partial charge in [-0.15, -0.1) is 0 Å². The Morgan fingerprint density at radius 1 is 1.27 bits per heavy atom. The number of carbonyl (C=O) groups is 1. The number of H-pyrrole nitrogens is 1. The fourth-order valence-corrected chi connectivity index (χ4v) is 2.99. The molecule has 0 bridgehead atoms. The van der Waals surface area contributed by atoms with E-state index in [2.05, 4.69) is 27.4 Å². The molecule has 136 valence electrons. The Bertz CT molecular complexity index is 986. The molecule has 1 aromatic carbocycles. The molecule has 3 rings (SSSR count). The summed E-state index contributed by atoms with van der Waals surface area (Å²) >= 11 is 0. The summed E-state index contributed by atoms with van der Waals surface area (Å²) < 4.78 is 5.45. The molecular weight excluding hydrogens is 332 g/mol. The summed E-state index contributed by atoms with van der Waals surface area (Å²) in [6, 6.07) is 8.21. The minimum Gasteiger partial charge on any atom is -0.442 e. The van der Waals surface area contributed by atoms with Crippen LogP contribution in [0.5, 0.6) is 0 Å². The van der Waals surface area contributed by atoms with E-state index >= 15 is 0 Å². The fraction of sp³-hybridized carbons (Fsp3) is 0.316. The zero-order valence-electron chi connectivity index (χ0n) is 15.3. The van der Waals surface area contributed by atoms with Gasteiger partial charge in [-0.3, -0.25) is 9.59 Å². The molecule has 2 N–H and O–H groups in total. The molecule has 0 aliphatic rings. The number of rotatable bonds is 5. The van der Waals surface area contributed by atoms with Gasteiger partial charge in [-0.1, -0.05) is 29.8 Å². The number of nitrogens with zero attached hydrogens (tertiary/aromatic N) is 2. The van der Waals surface area contributed by atoms with E-state index in [1.807, 2.05) is 38.1 Å². The van der Waals surface area contributed by atoms with Crippen molar-refractivity contribution in [1.29, 1.82) is 0 Å². The number of furan rings is 1. The first kappa shape index (κ1) is 17.9. The molecule has 2 aromatic heterocycles. The summed E-state index contributed by atoms with van der Waals surface area (Å²) in [4.78, 5) is 33.3. The van der Waals surface area contributed by atoms with E-state index in [0.29, 0.717) is 12.3 Å². The third-order valence-corrected chi connectivity index (χ3v) is 4.44. The second-order valence-corrected chi connectivity index (χ2v) is 6.55. The van der Waals surface area contributed by atoms with Crippen LogP contribution in [0.25, 0.3) is 11.1 Å². The molecule has 0 saturated carbocycles. The normalized spacial score (nSPS) is 12.5. The number of amides is 1. The summed E-state index contributed by atoms with van der Waals surface area (Å²) in [7, 11) is 3.92. The highest BCUT2D eigenvalue weighted by molar-refractivity contribution is 6.06. The number of aromatic amines is 1. The molecule has 0 saturated heterocycles. The Labute approximate surface area is 151 Å². The van der Waals surface area contributed by atoms with Crippen LogP contribution < -0.4 is 10.9 Å². The topological polar surface area (TPSA) is 91.2 Å². The van der Waals surface area contributed by atoms with Crippen molar-refractivity contribution in [1.82, 2.24) is 20.2 Å². The predicted molar refractivity (Wildman–Crippen MR) is 99.3 cm³/mol. The molecule has 1 atom stereocenters. The highest BCUT2D eigenvalue weighted by Crippen LogP contribution is 2.21. The van der Waals surface area contributed by atoms with Crippen LogP contribution in [0, 0.1) is 13.8 Å². The van der Waals surface area contributed by atoms with Gasteiger partial charge in [0.05, 0.1) is 17.9 Å². The number of benzene rings is 1. The van der Waals surface area contributed by atoms with E-state index in [1.165, 1.54) is 11.9 Å². The van der Waals surface area contributed by atoms with Gasteiger partial charge in [-0.05, 0) is 33.5 Å². The Morgan fingerprint density at radius 2 is 1.96 bits per heavy atom. The molecule has 0 aliphatic heterocycles. The second-order valence-electron chi connectivity index (χ2n) is 6.55. The van der Waals surface area contributed by atoms with Crippen molar-refractivity contribution in [3.63, 3.8) is 0 Å². The number of fused-ring (bicyclic) bond motifs is 1. The molecule has 7 nitrogen and oxygen atoms in total. The van der Waals surface area contributed by atoms with Gasteiger partial charge < -0.3 is 19.6 Å². The minimum atomic E-state index is -0.389. The fourth-order valence-electron chi connectivity index (χ4n) is 2.99. The largest absolute Gasteiger partial charge is 0.442 e. The number of likely N-dealkylation sites (N-methyl/N-ethyl adjacent to an activating group) is 1. The number of aryl methyl sites for hydroxylation is 2. The third kappa shape index (κ3) is 3.39. The van der Waals surface area contributed by atoms with Crippen LogP contribution in [0.1, 0.15) is 33.3 Å². The van der Waals surface area contributed by atoms with Gasteiger partial charge >= 0.3 is 0 Å². The molecule has 3 aromatic rings. The van der Waals surface area contributed by atoms with Gasteiger partial charge in [0, 0.05) is 6.54 Å². The van der Waals surface area contributed by atoms with Gasteiger partial charge in [0.25, 0.3) is 11.5 Å². The number of hydrogen-bond donors (Lipinski definition) is 2. The van der Waals surface area contributed by atoms with Crippen LogP contribution in [-0.4, -0.2) is 41.4 Å². The highest BCUT2D eigenvalue weighted by Gasteiger charge is 2.23. The predicted octanol–water partition coefficient (Wildman–Crippen LogP) is 2.17. The molecule has 7 heteroatoms. The summed E-state index contributed by atoms with van der Waals surface area (Å²) in [5.41, 5.74) is 2.30. The average Bonchev–Trinajstić information content (AvgIpc) is 2.93. The van der Waals surface area contributed by atoms with Crippen LogP contribution in [0.15, 0.2) is 39.8 Å². The molecule has 1 unspecified atom stereocenters. The lowest BCUT2D eigenvalue weighted by molar-refractivity contribution is 0.0941. The first-order chi connectivity index (χ1) is 12.4. The average molecular weight is 354 g/mol. The monoisotopic (exact) mass is 354 g/mol. The SMILES string of the molecule is Cc1ccc(C(CNC(=O)c2c(C)oc3nc[nH]c(=O)c23)N(C)C)cc1. The van der Waals surface area contributed by atoms with Crippen LogP contribution in [0.4, 0.5) is 0 Å². The van der Waals surface area contributed by atoms with E-state index < -0.39 is 0 Å². The van der Waals surface area contributed by atoms with Crippen molar-refractivity contribution in [3.8, 4) is 0 Å². The molecule has 1 amide bonds. The first-order valence-corrected chi connectivity index (χ1v) is 8.36. The lowest BCUT2D eigenvalue weighted by Crippen LogP contribution is -2.35. The van der Waals surface area contributed by atoms with E-state index in [1.54, 1.807) is 6.92 Å². The van der Waals surface area contributed by atoms with Crippen molar-refractivity contribution in [2.45, 2.75) is 19.9 Å². The minimum absolute atomic E-state index is 0.00873. The van der Waals surface area contributed by atoms with Gasteiger partial charge in [-0.2, -0.15) is 0 Å². The summed E-state index contributed by atoms with van der Waals surface area (Å²) in [6.45, 7) is 4.09. The van der Waals surface area contributed by atoms with Crippen LogP contribution in [0.3, 0.4) is 0 Å². The number of hydrogen-bond acceptors (Lipinski definition) is 5. The Balaban J connectivity index is 1.85. The lowest BCUT2D eigenvalue weighted by Gasteiger charge is -2.25. The first-order valence-electron chi connectivity index (χ1n) is 8.36. The molecule has 2 heterocycles. The van der Waals surface area contributed by atoms with Crippen LogP contribution in [-0.2, 0) is 0 Å². The lowest BCUT2D eigenvalue weighted by atomic mass is 10.0. The Kier molecular flexibility index (Phi) is 4.90. The third-order valence-electron chi connectivity index (χ3n) is 4.44. The van der Waals surface area contributed by atoms with Crippen molar-refractivity contribution < 1.29 is 9.21 Å². The highest BCUT2D eigenvalue weighted by atomic mass is 16.3. The van der Waals surface area contributed by atoms with Crippen LogP contribution >= 0.6 is 0 Å². The van der Waals surface area contributed by atoms with Crippen molar-refractivity contribution in [3.05, 3.63) is 63.4 Å². The summed E-state index contributed by atoms with van der Waals surface area (Å²) in [5, 5.41) is 3.10. The van der Waals surface area contributed by atoms with E-state index in [-0.39, 0.29) is 34.2 Å². The van der Waals surface area contributed by atoms with Gasteiger partial charge in [-0.25, -0.2) is 4.98 Å². The van der Waals surface area contributed by atoms with Crippen molar-refractivity contribution in [2.75, 3.05) is 20.6 Å². The molecule has 0 spiro atoms. The molecule has 26 heavy (non-hydrogen) atoms. The molecular formula is C19H22N4O3. The standard InChI is InChI=1S/C19H22N4O3/c1-11-5-7-13(8-6-11)14(23(3)4)9-20-17(24)15-12(2)26-19-16(15)18(25)21-10-22-19/h5-8,10,14H,9H2,1-4H3,(H,20,24)(H,21,22,25). The Morgan fingerprint density at radius 3 is 2.62 bits per heavy atom. The van der Waals surface area contributed by atoms with E-state index in [4.69, 9.17) is 4.42 Å². The van der Waals surface area contributed by atoms with Gasteiger partial charge in [0.1, 0.15) is 11.1 Å². The zero-order valence-corrected chi connectivity index (χ0v) is 15.3. The van der Waals surface area contributed by atoms with Crippen LogP contribution in [0.2, 0.25) is 0 Å². The van der Waals surface area contributed by atoms with Crippen molar-refractivity contribution >= 4 is 17.0 Å². The van der Waals surface area contributed by atoms with E-state index in [0.717, 1.165) is 5.56 Å². The zero-order chi connectivity index (χ0) is 18.8. The summed E-state index contributed by atoms with van der Waals surface area (Å²) in [6.07, 6.45) is 1.26. The van der Waals surface area contributed by atoms with Gasteiger partial charge in [0.2, 0.25) is 5.71 Å². The number of carbonyl (C=O) groups excluding carboxylic acids is 1. The van der Waals surface area contributed by atoms with Gasteiger partial charge in [0.15, 0.2) is 0 Å². The van der Waals surface area contributed by atoms with E-state index in [9.17, 15) is 9.59 Å². The van der Waals surface area contributed by atoms with Crippen molar-refractivity contribution in [2.24, 2.45) is 0 Å². The maximum Gasteiger partial charge on any atom is 0.262 e. The molecule has 0 fully saturated rings. The molecule has 0 aliphatic carbocycles. The maximum absolute atomic E-state index is 12.7. The smallest absolute Gasteiger partial charge is 0.262 e.